The van der Waals surface area contributed by atoms with Crippen molar-refractivity contribution in [2.75, 3.05) is 50.5 Å². The summed E-state index contributed by atoms with van der Waals surface area (Å²) in [5, 5.41) is 12.7. The van der Waals surface area contributed by atoms with Crippen molar-refractivity contribution in [3.63, 3.8) is 0 Å². The molecule has 0 aromatic carbocycles. The van der Waals surface area contributed by atoms with E-state index in [9.17, 15) is 4.79 Å². The second kappa shape index (κ2) is 12.4. The van der Waals surface area contributed by atoms with Gasteiger partial charge in [0.15, 0.2) is 5.82 Å². The number of rotatable bonds is 7. The Kier molecular flexibility index (Phi) is 8.20. The molecule has 11 heteroatoms. The molecule has 6 rings (SSSR count). The van der Waals surface area contributed by atoms with Crippen LogP contribution in [-0.4, -0.2) is 92.4 Å². The molecule has 0 unspecified atom stereocenters. The third-order valence-electron chi connectivity index (χ3n) is 8.67. The monoisotopic (exact) mass is 578 g/mol. The minimum atomic E-state index is -0.126. The predicted molar refractivity (Wildman–Crippen MR) is 167 cm³/mol. The van der Waals surface area contributed by atoms with E-state index < -0.39 is 0 Å². The number of likely N-dealkylation sites (tertiary alicyclic amines) is 1. The van der Waals surface area contributed by atoms with Crippen molar-refractivity contribution in [1.82, 2.24) is 34.1 Å². The Morgan fingerprint density at radius 2 is 1.95 bits per heavy atom. The van der Waals surface area contributed by atoms with Gasteiger partial charge in [-0.2, -0.15) is 5.26 Å². The Bertz CT molecular complexity index is 1650. The summed E-state index contributed by atoms with van der Waals surface area (Å²) in [4.78, 5) is 38.4. The number of amides is 1. The van der Waals surface area contributed by atoms with Gasteiger partial charge >= 0.3 is 0 Å². The topological polar surface area (TPSA) is 119 Å². The minimum Gasteiger partial charge on any atom is -0.365 e. The zero-order valence-electron chi connectivity index (χ0n) is 25.1. The molecule has 0 spiro atoms. The molecule has 0 aliphatic carbocycles. The molecular formula is C32H38N10O. The first-order valence-corrected chi connectivity index (χ1v) is 15.0. The second-order valence-electron chi connectivity index (χ2n) is 11.7. The van der Waals surface area contributed by atoms with Crippen molar-refractivity contribution in [1.29, 1.82) is 5.26 Å². The fraction of sp³-hybridized carbons (Fsp3) is 0.438. The van der Waals surface area contributed by atoms with E-state index >= 15 is 0 Å². The van der Waals surface area contributed by atoms with E-state index in [1.807, 2.05) is 60.2 Å². The van der Waals surface area contributed by atoms with Crippen LogP contribution < -0.4 is 10.2 Å². The van der Waals surface area contributed by atoms with Crippen LogP contribution in [-0.2, 0) is 4.79 Å². The van der Waals surface area contributed by atoms with Gasteiger partial charge in [-0.05, 0) is 71.0 Å². The number of carbonyl (C=O) groups excluding carboxylic acids is 1. The summed E-state index contributed by atoms with van der Waals surface area (Å²) in [6.07, 6.45) is 9.52. The Balaban J connectivity index is 1.36. The lowest BCUT2D eigenvalue weighted by atomic mass is 10.0. The third-order valence-corrected chi connectivity index (χ3v) is 8.67. The standard InChI is InChI=1S/C32H38N10O/c1-22-30(23-10-14-34-28(19-23)40-17-11-25(12-18-40)39(2)3)37-32(26-20-35-27-8-4-5-16-42(26)27)38-31(22)36-24-7-6-15-41(21-24)29(43)9-13-33/h4-5,8,10,14,16,19-20,24-25H,6-7,9,11-12,15,17-18,21H2,1-3H3,(H,36,37,38)/t24-/m1/s1. The highest BCUT2D eigenvalue weighted by Crippen LogP contribution is 2.32. The van der Waals surface area contributed by atoms with Gasteiger partial charge in [0.2, 0.25) is 5.91 Å². The first-order chi connectivity index (χ1) is 20.9. The average Bonchev–Trinajstić information content (AvgIpc) is 3.47. The van der Waals surface area contributed by atoms with Crippen molar-refractivity contribution in [3.05, 3.63) is 54.5 Å². The minimum absolute atomic E-state index is 0.0128. The lowest BCUT2D eigenvalue weighted by molar-refractivity contribution is -0.131. The summed E-state index contributed by atoms with van der Waals surface area (Å²) in [6, 6.07) is 12.6. The van der Waals surface area contributed by atoms with Gasteiger partial charge in [0.05, 0.1) is 18.0 Å². The van der Waals surface area contributed by atoms with Gasteiger partial charge in [-0.25, -0.2) is 19.9 Å². The van der Waals surface area contributed by atoms with E-state index in [0.29, 0.717) is 25.0 Å². The maximum Gasteiger partial charge on any atom is 0.236 e. The van der Waals surface area contributed by atoms with Crippen LogP contribution in [0, 0.1) is 18.3 Å². The molecule has 1 atom stereocenters. The van der Waals surface area contributed by atoms with E-state index in [0.717, 1.165) is 78.6 Å². The largest absolute Gasteiger partial charge is 0.365 e. The zero-order valence-corrected chi connectivity index (χ0v) is 25.1. The SMILES string of the molecule is Cc1c(N[C@@H]2CCCN(C(=O)CC#N)C2)nc(-c2cnc3ccccn23)nc1-c1ccnc(N2CCC(N(C)C)CC2)c1. The summed E-state index contributed by atoms with van der Waals surface area (Å²) >= 11 is 0. The smallest absolute Gasteiger partial charge is 0.236 e. The van der Waals surface area contributed by atoms with E-state index in [1.54, 1.807) is 4.90 Å². The van der Waals surface area contributed by atoms with Gasteiger partial charge in [-0.1, -0.05) is 6.07 Å². The molecular weight excluding hydrogens is 540 g/mol. The number of piperidine rings is 2. The van der Waals surface area contributed by atoms with Gasteiger partial charge in [-0.3, -0.25) is 9.20 Å². The van der Waals surface area contributed by atoms with Crippen LogP contribution in [0.25, 0.3) is 28.4 Å². The molecule has 1 N–H and O–H groups in total. The number of hydrogen-bond acceptors (Lipinski definition) is 9. The van der Waals surface area contributed by atoms with Crippen LogP contribution in [0.15, 0.2) is 48.9 Å². The number of pyridine rings is 2. The van der Waals surface area contributed by atoms with Crippen LogP contribution in [0.1, 0.15) is 37.7 Å². The normalized spacial score (nSPS) is 17.8. The Morgan fingerprint density at radius 3 is 2.74 bits per heavy atom. The highest BCUT2D eigenvalue weighted by atomic mass is 16.2. The lowest BCUT2D eigenvalue weighted by Crippen LogP contribution is -2.45. The van der Waals surface area contributed by atoms with Gasteiger partial charge in [0, 0.05) is 61.8 Å². The number of anilines is 2. The molecule has 2 fully saturated rings. The summed E-state index contributed by atoms with van der Waals surface area (Å²) in [7, 11) is 4.30. The van der Waals surface area contributed by atoms with Crippen LogP contribution in [0.4, 0.5) is 11.6 Å². The molecule has 43 heavy (non-hydrogen) atoms. The molecule has 2 aliphatic rings. The summed E-state index contributed by atoms with van der Waals surface area (Å²) in [5.41, 5.74) is 4.37. The second-order valence-corrected chi connectivity index (χ2v) is 11.7. The van der Waals surface area contributed by atoms with Gasteiger partial charge in [0.1, 0.15) is 29.4 Å². The maximum atomic E-state index is 12.5. The van der Waals surface area contributed by atoms with Gasteiger partial charge in [-0.15, -0.1) is 0 Å². The van der Waals surface area contributed by atoms with Gasteiger partial charge < -0.3 is 20.0 Å². The average molecular weight is 579 g/mol. The summed E-state index contributed by atoms with van der Waals surface area (Å²) in [6.45, 7) is 5.17. The first kappa shape index (κ1) is 28.6. The number of aromatic nitrogens is 5. The number of nitriles is 1. The Hall–Kier alpha value is -4.56. The summed E-state index contributed by atoms with van der Waals surface area (Å²) in [5.74, 6) is 2.13. The van der Waals surface area contributed by atoms with Crippen molar-refractivity contribution >= 4 is 23.2 Å². The molecule has 0 radical (unpaired) electrons. The fourth-order valence-electron chi connectivity index (χ4n) is 6.19. The number of imidazole rings is 1. The number of nitrogens with one attached hydrogen (secondary N) is 1. The van der Waals surface area contributed by atoms with Crippen LogP contribution in [0.5, 0.6) is 0 Å². The first-order valence-electron chi connectivity index (χ1n) is 15.0. The quantitative estimate of drug-likeness (QED) is 0.347. The van der Waals surface area contributed by atoms with Crippen LogP contribution in [0.2, 0.25) is 0 Å². The summed E-state index contributed by atoms with van der Waals surface area (Å²) < 4.78 is 1.99. The molecule has 4 aromatic rings. The molecule has 0 bridgehead atoms. The van der Waals surface area contributed by atoms with Crippen molar-refractivity contribution < 1.29 is 4.79 Å². The van der Waals surface area contributed by atoms with E-state index in [2.05, 4.69) is 40.3 Å². The van der Waals surface area contributed by atoms with Gasteiger partial charge in [0.25, 0.3) is 0 Å². The molecule has 2 saturated heterocycles. The zero-order chi connectivity index (χ0) is 29.9. The molecule has 11 nitrogen and oxygen atoms in total. The van der Waals surface area contributed by atoms with Crippen molar-refractivity contribution in [3.8, 4) is 28.8 Å². The molecule has 0 saturated carbocycles. The highest BCUT2D eigenvalue weighted by Gasteiger charge is 2.26. The Labute approximate surface area is 252 Å². The molecule has 2 aliphatic heterocycles. The number of fused-ring (bicyclic) bond motifs is 1. The van der Waals surface area contributed by atoms with Crippen molar-refractivity contribution in [2.45, 2.75) is 51.1 Å². The van der Waals surface area contributed by atoms with Crippen LogP contribution >= 0.6 is 0 Å². The molecule has 4 aromatic heterocycles. The third kappa shape index (κ3) is 6.01. The van der Waals surface area contributed by atoms with E-state index in [-0.39, 0.29) is 18.4 Å². The van der Waals surface area contributed by atoms with Crippen molar-refractivity contribution in [2.24, 2.45) is 0 Å². The highest BCUT2D eigenvalue weighted by molar-refractivity contribution is 5.78. The number of carbonyl (C=O) groups is 1. The van der Waals surface area contributed by atoms with Crippen LogP contribution in [0.3, 0.4) is 0 Å². The predicted octanol–water partition coefficient (Wildman–Crippen LogP) is 4.01. The molecule has 222 valence electrons. The van der Waals surface area contributed by atoms with E-state index in [4.69, 9.17) is 20.2 Å². The molecule has 6 heterocycles. The lowest BCUT2D eigenvalue weighted by Gasteiger charge is -2.36. The number of hydrogen-bond donors (Lipinski definition) is 1. The molecule has 1 amide bonds. The Morgan fingerprint density at radius 1 is 1.12 bits per heavy atom. The van der Waals surface area contributed by atoms with E-state index in [1.165, 1.54) is 0 Å². The number of nitrogens with zero attached hydrogens (tertiary/aromatic N) is 9. The maximum absolute atomic E-state index is 12.5. The fourth-order valence-corrected chi connectivity index (χ4v) is 6.19.